The van der Waals surface area contributed by atoms with Gasteiger partial charge in [-0.05, 0) is 30.7 Å². The SMILES string of the molecule is CC(C)[C@@H](O)C(=O)N1CCC(CNc2ncc(N(C)C)c(-c3c[nH]c4ncc(C(F)(F)F)cc34)n2)CC1. The lowest BCUT2D eigenvalue weighted by Gasteiger charge is -2.34. The first-order valence-corrected chi connectivity index (χ1v) is 12.3. The number of aromatic nitrogens is 4. The second-order valence-electron chi connectivity index (χ2n) is 9.98. The van der Waals surface area contributed by atoms with E-state index in [1.165, 1.54) is 0 Å². The Morgan fingerprint density at radius 2 is 1.95 bits per heavy atom. The van der Waals surface area contributed by atoms with Gasteiger partial charge >= 0.3 is 6.18 Å². The molecule has 1 fully saturated rings. The molecule has 12 heteroatoms. The van der Waals surface area contributed by atoms with E-state index in [2.05, 4.69) is 25.3 Å². The lowest BCUT2D eigenvalue weighted by atomic mass is 9.95. The summed E-state index contributed by atoms with van der Waals surface area (Å²) < 4.78 is 40.0. The lowest BCUT2D eigenvalue weighted by molar-refractivity contribution is -0.143. The monoisotopic (exact) mass is 519 g/mol. The molecule has 4 rings (SSSR count). The van der Waals surface area contributed by atoms with Crippen LogP contribution in [-0.2, 0) is 11.0 Å². The Balaban J connectivity index is 1.51. The van der Waals surface area contributed by atoms with Crippen molar-refractivity contribution in [3.63, 3.8) is 0 Å². The Hall–Kier alpha value is -3.41. The number of pyridine rings is 1. The van der Waals surface area contributed by atoms with E-state index in [9.17, 15) is 23.1 Å². The maximum Gasteiger partial charge on any atom is 0.417 e. The Kier molecular flexibility index (Phi) is 7.58. The van der Waals surface area contributed by atoms with Crippen molar-refractivity contribution in [2.75, 3.05) is 43.9 Å². The number of fused-ring (bicyclic) bond motifs is 1. The molecule has 4 heterocycles. The number of aliphatic hydroxyl groups excluding tert-OH is 1. The minimum atomic E-state index is -4.51. The van der Waals surface area contributed by atoms with Gasteiger partial charge in [-0.1, -0.05) is 13.8 Å². The zero-order chi connectivity index (χ0) is 26.9. The number of H-pyrrole nitrogens is 1. The number of carbonyl (C=O) groups excluding carboxylic acids is 1. The lowest BCUT2D eigenvalue weighted by Crippen LogP contribution is -2.46. The average molecular weight is 520 g/mol. The van der Waals surface area contributed by atoms with Crippen molar-refractivity contribution < 1.29 is 23.1 Å². The van der Waals surface area contributed by atoms with Crippen molar-refractivity contribution in [2.45, 2.75) is 39.0 Å². The number of piperidine rings is 1. The summed E-state index contributed by atoms with van der Waals surface area (Å²) in [4.78, 5) is 31.8. The van der Waals surface area contributed by atoms with Gasteiger partial charge in [-0.15, -0.1) is 0 Å². The van der Waals surface area contributed by atoms with Gasteiger partial charge in [-0.3, -0.25) is 4.79 Å². The van der Waals surface area contributed by atoms with Crippen LogP contribution in [0.25, 0.3) is 22.3 Å². The molecule has 1 aliphatic rings. The van der Waals surface area contributed by atoms with Crippen LogP contribution in [0.5, 0.6) is 0 Å². The molecule has 0 unspecified atom stereocenters. The first-order chi connectivity index (χ1) is 17.5. The molecule has 0 saturated carbocycles. The first kappa shape index (κ1) is 26.6. The fourth-order valence-corrected chi connectivity index (χ4v) is 4.41. The van der Waals surface area contributed by atoms with Gasteiger partial charge in [0.15, 0.2) is 0 Å². The number of amides is 1. The van der Waals surface area contributed by atoms with Crippen LogP contribution in [0, 0.1) is 11.8 Å². The fourth-order valence-electron chi connectivity index (χ4n) is 4.41. The van der Waals surface area contributed by atoms with E-state index >= 15 is 0 Å². The molecule has 37 heavy (non-hydrogen) atoms. The van der Waals surface area contributed by atoms with Gasteiger partial charge in [0, 0.05) is 57.1 Å². The van der Waals surface area contributed by atoms with Gasteiger partial charge in [0.25, 0.3) is 5.91 Å². The Bertz CT molecular complexity index is 1250. The van der Waals surface area contributed by atoms with Crippen molar-refractivity contribution in [3.05, 3.63) is 30.2 Å². The van der Waals surface area contributed by atoms with Crippen LogP contribution < -0.4 is 10.2 Å². The summed E-state index contributed by atoms with van der Waals surface area (Å²) in [6.07, 6.45) is 0.120. The molecule has 200 valence electrons. The van der Waals surface area contributed by atoms with E-state index in [-0.39, 0.29) is 17.7 Å². The molecule has 1 atom stereocenters. The van der Waals surface area contributed by atoms with Crippen LogP contribution in [0.2, 0.25) is 0 Å². The number of halogens is 3. The highest BCUT2D eigenvalue weighted by Crippen LogP contribution is 2.36. The van der Waals surface area contributed by atoms with Crippen LogP contribution in [0.15, 0.2) is 24.7 Å². The molecular formula is C25H32F3N7O2. The minimum absolute atomic E-state index is 0.128. The van der Waals surface area contributed by atoms with Gasteiger partial charge in [-0.25, -0.2) is 15.0 Å². The standard InChI is InChI=1S/C25H32F3N7O2/c1-14(2)21(36)23(37)35-7-5-15(6-8-35)10-31-24-32-13-19(34(3)4)20(33-24)18-12-30-22-17(18)9-16(11-29-22)25(26,27)28/h9,11-15,21,36H,5-8,10H2,1-4H3,(H,29,30)(H,31,32,33)/t21-/m1/s1. The summed E-state index contributed by atoms with van der Waals surface area (Å²) in [7, 11) is 3.63. The van der Waals surface area contributed by atoms with E-state index in [1.54, 1.807) is 22.2 Å². The molecule has 3 N–H and O–H groups in total. The molecule has 1 amide bonds. The second kappa shape index (κ2) is 10.5. The molecule has 0 spiro atoms. The van der Waals surface area contributed by atoms with Crippen molar-refractivity contribution in [3.8, 4) is 11.3 Å². The largest absolute Gasteiger partial charge is 0.417 e. The zero-order valence-electron chi connectivity index (χ0n) is 21.3. The Morgan fingerprint density at radius 3 is 2.57 bits per heavy atom. The number of rotatable bonds is 7. The molecule has 0 aromatic carbocycles. The topological polar surface area (TPSA) is 110 Å². The van der Waals surface area contributed by atoms with Gasteiger partial charge in [0.2, 0.25) is 5.95 Å². The van der Waals surface area contributed by atoms with Crippen LogP contribution in [-0.4, -0.2) is 75.7 Å². The third kappa shape index (κ3) is 5.79. The van der Waals surface area contributed by atoms with E-state index in [0.717, 1.165) is 25.1 Å². The Labute approximate surface area is 213 Å². The number of carbonyl (C=O) groups is 1. The number of aliphatic hydroxyl groups is 1. The van der Waals surface area contributed by atoms with E-state index in [0.29, 0.717) is 53.6 Å². The minimum Gasteiger partial charge on any atom is -0.383 e. The van der Waals surface area contributed by atoms with Crippen LogP contribution in [0.4, 0.5) is 24.8 Å². The molecule has 0 radical (unpaired) electrons. The van der Waals surface area contributed by atoms with Gasteiger partial charge in [-0.2, -0.15) is 13.2 Å². The molecule has 9 nitrogen and oxygen atoms in total. The van der Waals surface area contributed by atoms with Crippen molar-refractivity contribution in [1.82, 2.24) is 24.8 Å². The van der Waals surface area contributed by atoms with E-state index < -0.39 is 17.8 Å². The number of likely N-dealkylation sites (tertiary alicyclic amines) is 1. The predicted molar refractivity (Wildman–Crippen MR) is 135 cm³/mol. The second-order valence-corrected chi connectivity index (χ2v) is 9.98. The fraction of sp³-hybridized carbons (Fsp3) is 0.520. The Morgan fingerprint density at radius 1 is 1.24 bits per heavy atom. The zero-order valence-corrected chi connectivity index (χ0v) is 21.3. The third-order valence-electron chi connectivity index (χ3n) is 6.72. The van der Waals surface area contributed by atoms with Crippen molar-refractivity contribution >= 4 is 28.6 Å². The van der Waals surface area contributed by atoms with Crippen LogP contribution in [0.1, 0.15) is 32.3 Å². The molecule has 0 aliphatic carbocycles. The molecule has 3 aromatic heterocycles. The van der Waals surface area contributed by atoms with Gasteiger partial charge < -0.3 is 25.2 Å². The number of alkyl halides is 3. The number of nitrogens with one attached hydrogen (secondary N) is 2. The number of nitrogens with zero attached hydrogens (tertiary/aromatic N) is 5. The van der Waals surface area contributed by atoms with Crippen LogP contribution in [0.3, 0.4) is 0 Å². The van der Waals surface area contributed by atoms with E-state index in [1.807, 2.05) is 27.9 Å². The van der Waals surface area contributed by atoms with Crippen molar-refractivity contribution in [1.29, 1.82) is 0 Å². The summed E-state index contributed by atoms with van der Waals surface area (Å²) in [6.45, 7) is 5.37. The molecule has 1 aliphatic heterocycles. The summed E-state index contributed by atoms with van der Waals surface area (Å²) in [5.74, 6) is 0.294. The maximum absolute atomic E-state index is 13.3. The normalized spacial score (nSPS) is 15.9. The van der Waals surface area contributed by atoms with Gasteiger partial charge in [0.05, 0.1) is 17.4 Å². The number of hydrogen-bond acceptors (Lipinski definition) is 7. The third-order valence-corrected chi connectivity index (χ3v) is 6.72. The molecule has 1 saturated heterocycles. The predicted octanol–water partition coefficient (Wildman–Crippen LogP) is 3.77. The average Bonchev–Trinajstić information content (AvgIpc) is 3.29. The summed E-state index contributed by atoms with van der Waals surface area (Å²) >= 11 is 0. The highest BCUT2D eigenvalue weighted by atomic mass is 19.4. The quantitative estimate of drug-likeness (QED) is 0.436. The molecule has 3 aromatic rings. The summed E-state index contributed by atoms with van der Waals surface area (Å²) in [6, 6.07) is 1.08. The number of aromatic amines is 1. The first-order valence-electron chi connectivity index (χ1n) is 12.3. The molecular weight excluding hydrogens is 487 g/mol. The smallest absolute Gasteiger partial charge is 0.383 e. The summed E-state index contributed by atoms with van der Waals surface area (Å²) in [5.41, 5.74) is 1.14. The van der Waals surface area contributed by atoms with Crippen molar-refractivity contribution in [2.24, 2.45) is 11.8 Å². The maximum atomic E-state index is 13.3. The highest BCUT2D eigenvalue weighted by molar-refractivity contribution is 5.96. The number of anilines is 2. The molecule has 0 bridgehead atoms. The summed E-state index contributed by atoms with van der Waals surface area (Å²) in [5, 5.41) is 13.6. The number of hydrogen-bond donors (Lipinski definition) is 3. The van der Waals surface area contributed by atoms with Gasteiger partial charge in [0.1, 0.15) is 17.4 Å². The van der Waals surface area contributed by atoms with E-state index in [4.69, 9.17) is 0 Å². The van der Waals surface area contributed by atoms with Crippen LogP contribution >= 0.6 is 0 Å². The highest BCUT2D eigenvalue weighted by Gasteiger charge is 2.32.